The Morgan fingerprint density at radius 3 is 2.78 bits per heavy atom. The number of benzene rings is 1. The number of hydrogen-bond donors (Lipinski definition) is 2. The Kier molecular flexibility index (Phi) is 6.86. The molecule has 1 unspecified atom stereocenters. The zero-order valence-electron chi connectivity index (χ0n) is 16.4. The minimum Gasteiger partial charge on any atom is -0.508 e. The van der Waals surface area contributed by atoms with Crippen LogP contribution < -0.4 is 0 Å². The molecule has 1 heterocycles. The standard InChI is InChI=1S/C22H28O5/c1-15(8-6-12-22(2,3)26-4)7-5-9-16-13-20(27-21(16)25)18-14-17(23)10-11-19(18)24/h6-7,10-14,20,23-24H,5,8-9H2,1-4H3/b12-6+,15-7+. The normalized spacial score (nSPS) is 18.1. The lowest BCUT2D eigenvalue weighted by Gasteiger charge is -2.17. The number of allylic oxidation sites excluding steroid dienone is 3. The van der Waals surface area contributed by atoms with Gasteiger partial charge in [0, 0.05) is 18.2 Å². The first-order chi connectivity index (χ1) is 12.7. The summed E-state index contributed by atoms with van der Waals surface area (Å²) in [7, 11) is 1.69. The molecular formula is C22H28O5. The van der Waals surface area contributed by atoms with Crippen LogP contribution in [0.1, 0.15) is 51.7 Å². The number of aromatic hydroxyl groups is 2. The molecule has 5 nitrogen and oxygen atoms in total. The van der Waals surface area contributed by atoms with Crippen molar-refractivity contribution in [2.75, 3.05) is 7.11 Å². The predicted molar refractivity (Wildman–Crippen MR) is 105 cm³/mol. The Balaban J connectivity index is 1.93. The van der Waals surface area contributed by atoms with Gasteiger partial charge in [-0.15, -0.1) is 0 Å². The fourth-order valence-corrected chi connectivity index (χ4v) is 2.74. The molecule has 0 bridgehead atoms. The van der Waals surface area contributed by atoms with E-state index in [1.54, 1.807) is 13.2 Å². The molecule has 0 saturated carbocycles. The van der Waals surface area contributed by atoms with E-state index in [9.17, 15) is 15.0 Å². The molecule has 1 atom stereocenters. The third-order valence-electron chi connectivity index (χ3n) is 4.56. The van der Waals surface area contributed by atoms with Crippen molar-refractivity contribution in [2.24, 2.45) is 0 Å². The summed E-state index contributed by atoms with van der Waals surface area (Å²) in [5.41, 5.74) is 1.91. The minimum absolute atomic E-state index is 0.00962. The summed E-state index contributed by atoms with van der Waals surface area (Å²) in [6.07, 6.45) is 9.40. The summed E-state index contributed by atoms with van der Waals surface area (Å²) < 4.78 is 10.7. The van der Waals surface area contributed by atoms with Crippen LogP contribution in [0.5, 0.6) is 11.5 Å². The average molecular weight is 372 g/mol. The van der Waals surface area contributed by atoms with Crippen LogP contribution in [0, 0.1) is 0 Å². The number of phenols is 2. The highest BCUT2D eigenvalue weighted by molar-refractivity contribution is 5.91. The van der Waals surface area contributed by atoms with E-state index in [-0.39, 0.29) is 23.1 Å². The molecule has 2 rings (SSSR count). The molecule has 1 aromatic rings. The van der Waals surface area contributed by atoms with E-state index in [0.717, 1.165) is 12.8 Å². The number of phenolic OH excluding ortho intramolecular Hbond substituents is 2. The van der Waals surface area contributed by atoms with Crippen molar-refractivity contribution >= 4 is 5.97 Å². The van der Waals surface area contributed by atoms with Gasteiger partial charge in [0.25, 0.3) is 0 Å². The van der Waals surface area contributed by atoms with Crippen LogP contribution in [0.15, 0.2) is 53.6 Å². The van der Waals surface area contributed by atoms with Crippen molar-refractivity contribution in [3.05, 3.63) is 59.2 Å². The highest BCUT2D eigenvalue weighted by atomic mass is 16.5. The second-order valence-corrected chi connectivity index (χ2v) is 7.26. The first kappa shape index (κ1) is 20.8. The number of rotatable bonds is 8. The second-order valence-electron chi connectivity index (χ2n) is 7.26. The summed E-state index contributed by atoms with van der Waals surface area (Å²) >= 11 is 0. The third-order valence-corrected chi connectivity index (χ3v) is 4.56. The molecule has 2 N–H and O–H groups in total. The zero-order chi connectivity index (χ0) is 20.0. The van der Waals surface area contributed by atoms with Crippen molar-refractivity contribution in [2.45, 2.75) is 51.7 Å². The summed E-state index contributed by atoms with van der Waals surface area (Å²) in [5.74, 6) is -0.371. The largest absolute Gasteiger partial charge is 0.508 e. The second kappa shape index (κ2) is 8.91. The van der Waals surface area contributed by atoms with Gasteiger partial charge in [0.15, 0.2) is 0 Å². The predicted octanol–water partition coefficient (Wildman–Crippen LogP) is 4.72. The van der Waals surface area contributed by atoms with E-state index in [1.165, 1.54) is 23.8 Å². The maximum Gasteiger partial charge on any atom is 0.334 e. The molecule has 0 spiro atoms. The molecule has 1 aliphatic heterocycles. The van der Waals surface area contributed by atoms with Gasteiger partial charge in [0.2, 0.25) is 0 Å². The first-order valence-electron chi connectivity index (χ1n) is 9.04. The van der Waals surface area contributed by atoms with Crippen molar-refractivity contribution in [3.8, 4) is 11.5 Å². The average Bonchev–Trinajstić information content (AvgIpc) is 2.97. The van der Waals surface area contributed by atoms with Crippen molar-refractivity contribution in [3.63, 3.8) is 0 Å². The minimum atomic E-state index is -0.663. The van der Waals surface area contributed by atoms with Crippen LogP contribution in [-0.2, 0) is 14.3 Å². The quantitative estimate of drug-likeness (QED) is 0.392. The number of carbonyl (C=O) groups excluding carboxylic acids is 1. The maximum atomic E-state index is 12.1. The molecule has 1 aliphatic rings. The summed E-state index contributed by atoms with van der Waals surface area (Å²) in [6.45, 7) is 6.06. The SMILES string of the molecule is COC(C)(C)/C=C/C/C(C)=C/CCC1=CC(c2cc(O)ccc2O)OC1=O. The Morgan fingerprint density at radius 2 is 2.07 bits per heavy atom. The molecule has 0 aromatic heterocycles. The monoisotopic (exact) mass is 372 g/mol. The van der Waals surface area contributed by atoms with E-state index in [2.05, 4.69) is 19.1 Å². The number of methoxy groups -OCH3 is 1. The number of cyclic esters (lactones) is 1. The smallest absolute Gasteiger partial charge is 0.334 e. The number of ether oxygens (including phenoxy) is 2. The van der Waals surface area contributed by atoms with Gasteiger partial charge in [0.1, 0.15) is 17.6 Å². The molecule has 27 heavy (non-hydrogen) atoms. The maximum absolute atomic E-state index is 12.1. The summed E-state index contributed by atoms with van der Waals surface area (Å²) in [6, 6.07) is 4.18. The summed E-state index contributed by atoms with van der Waals surface area (Å²) in [5, 5.41) is 19.5. The van der Waals surface area contributed by atoms with Gasteiger partial charge < -0.3 is 19.7 Å². The summed E-state index contributed by atoms with van der Waals surface area (Å²) in [4.78, 5) is 12.1. The van der Waals surface area contributed by atoms with Crippen LogP contribution in [-0.4, -0.2) is 28.9 Å². The van der Waals surface area contributed by atoms with Crippen molar-refractivity contribution in [1.82, 2.24) is 0 Å². The lowest BCUT2D eigenvalue weighted by atomic mass is 10.0. The van der Waals surface area contributed by atoms with Crippen molar-refractivity contribution in [1.29, 1.82) is 0 Å². The Hall–Kier alpha value is -2.53. The van der Waals surface area contributed by atoms with Crippen molar-refractivity contribution < 1.29 is 24.5 Å². The van der Waals surface area contributed by atoms with Gasteiger partial charge in [-0.1, -0.05) is 23.8 Å². The lowest BCUT2D eigenvalue weighted by molar-refractivity contribution is -0.140. The zero-order valence-corrected chi connectivity index (χ0v) is 16.4. The van der Waals surface area contributed by atoms with Gasteiger partial charge in [-0.25, -0.2) is 4.79 Å². The Morgan fingerprint density at radius 1 is 1.33 bits per heavy atom. The Labute approximate surface area is 160 Å². The van der Waals surface area contributed by atoms with Gasteiger partial charge in [0.05, 0.1) is 5.60 Å². The van der Waals surface area contributed by atoms with Gasteiger partial charge in [-0.05, 0) is 64.3 Å². The van der Waals surface area contributed by atoms with E-state index >= 15 is 0 Å². The fraction of sp³-hybridized carbons (Fsp3) is 0.409. The fourth-order valence-electron chi connectivity index (χ4n) is 2.74. The van der Waals surface area contributed by atoms with Gasteiger partial charge in [-0.3, -0.25) is 0 Å². The molecular weight excluding hydrogens is 344 g/mol. The molecule has 0 aliphatic carbocycles. The number of esters is 1. The highest BCUT2D eigenvalue weighted by Gasteiger charge is 2.28. The molecule has 1 aromatic carbocycles. The highest BCUT2D eigenvalue weighted by Crippen LogP contribution is 2.36. The van der Waals surface area contributed by atoms with Gasteiger partial charge >= 0.3 is 5.97 Å². The molecule has 0 amide bonds. The lowest BCUT2D eigenvalue weighted by Crippen LogP contribution is -2.18. The van der Waals surface area contributed by atoms with Crippen LogP contribution >= 0.6 is 0 Å². The van der Waals surface area contributed by atoms with E-state index in [4.69, 9.17) is 9.47 Å². The number of hydrogen-bond acceptors (Lipinski definition) is 5. The molecule has 0 radical (unpaired) electrons. The van der Waals surface area contributed by atoms with Crippen LogP contribution in [0.25, 0.3) is 0 Å². The van der Waals surface area contributed by atoms with Crippen LogP contribution in [0.2, 0.25) is 0 Å². The molecule has 0 saturated heterocycles. The topological polar surface area (TPSA) is 76.0 Å². The molecule has 0 fully saturated rings. The third kappa shape index (κ3) is 6.00. The number of carbonyl (C=O) groups is 1. The van der Waals surface area contributed by atoms with Crippen LogP contribution in [0.4, 0.5) is 0 Å². The Bertz CT molecular complexity index is 771. The van der Waals surface area contributed by atoms with Gasteiger partial charge in [-0.2, -0.15) is 0 Å². The molecule has 146 valence electrons. The van der Waals surface area contributed by atoms with Crippen LogP contribution in [0.3, 0.4) is 0 Å². The molecule has 5 heteroatoms. The first-order valence-corrected chi connectivity index (χ1v) is 9.04. The van der Waals surface area contributed by atoms with E-state index in [1.807, 2.05) is 19.9 Å². The van der Waals surface area contributed by atoms with E-state index < -0.39 is 6.10 Å². The van der Waals surface area contributed by atoms with E-state index in [0.29, 0.717) is 17.6 Å².